The van der Waals surface area contributed by atoms with E-state index in [1.165, 1.54) is 0 Å². The number of halogens is 2. The number of nitrogens with one attached hydrogen (secondary N) is 1. The van der Waals surface area contributed by atoms with Crippen molar-refractivity contribution >= 4 is 54.4 Å². The van der Waals surface area contributed by atoms with Gasteiger partial charge in [-0.3, -0.25) is 4.79 Å². The van der Waals surface area contributed by atoms with Gasteiger partial charge in [0.2, 0.25) is 0 Å². The van der Waals surface area contributed by atoms with Crippen molar-refractivity contribution in [2.45, 2.75) is 0 Å². The number of carbonyl (C=O) groups is 1. The Morgan fingerprint density at radius 2 is 1.59 bits per heavy atom. The summed E-state index contributed by atoms with van der Waals surface area (Å²) in [5.41, 5.74) is 5.68. The number of pyridine rings is 1. The highest BCUT2D eigenvalue weighted by molar-refractivity contribution is 9.10. The third-order valence-electron chi connectivity index (χ3n) is 5.09. The first-order valence-corrected chi connectivity index (χ1v) is 11.5. The Balaban J connectivity index is 1.50. The number of rotatable bonds is 4. The molecule has 0 atom stereocenters. The summed E-state index contributed by atoms with van der Waals surface area (Å²) < 4.78 is 6.84. The van der Waals surface area contributed by atoms with Gasteiger partial charge in [-0.15, -0.1) is 0 Å². The number of aromatic nitrogens is 1. The van der Waals surface area contributed by atoms with Crippen molar-refractivity contribution in [2.75, 3.05) is 5.32 Å². The van der Waals surface area contributed by atoms with Crippen LogP contribution in [0.5, 0.6) is 0 Å². The minimum absolute atomic E-state index is 0.246. The van der Waals surface area contributed by atoms with Crippen LogP contribution in [0.3, 0.4) is 0 Å². The number of hydrogen-bond acceptors (Lipinski definition) is 3. The molecule has 1 N–H and O–H groups in total. The first-order chi connectivity index (χ1) is 15.6. The minimum Gasteiger partial charge on any atom is -0.444 e. The zero-order valence-corrected chi connectivity index (χ0v) is 19.9. The maximum absolute atomic E-state index is 12.3. The molecule has 2 heterocycles. The van der Waals surface area contributed by atoms with Crippen LogP contribution >= 0.6 is 31.9 Å². The van der Waals surface area contributed by atoms with Crippen molar-refractivity contribution in [3.63, 3.8) is 0 Å². The molecule has 0 unspecified atom stereocenters. The maximum Gasteiger partial charge on any atom is 0.291 e. The zero-order chi connectivity index (χ0) is 22.1. The average Bonchev–Trinajstić information content (AvgIpc) is 3.26. The summed E-state index contributed by atoms with van der Waals surface area (Å²) >= 11 is 6.79. The van der Waals surface area contributed by atoms with Gasteiger partial charge < -0.3 is 9.73 Å². The highest BCUT2D eigenvalue weighted by Crippen LogP contribution is 2.33. The summed E-state index contributed by atoms with van der Waals surface area (Å²) in [7, 11) is 0. The molecule has 5 rings (SSSR count). The number of anilines is 1. The minimum atomic E-state index is -0.302. The van der Waals surface area contributed by atoms with Gasteiger partial charge in [0.25, 0.3) is 5.91 Å². The number of hydrogen-bond donors (Lipinski definition) is 1. The second-order valence-corrected chi connectivity index (χ2v) is 8.92. The zero-order valence-electron chi connectivity index (χ0n) is 16.7. The van der Waals surface area contributed by atoms with Gasteiger partial charge in [0.1, 0.15) is 0 Å². The van der Waals surface area contributed by atoms with E-state index in [0.717, 1.165) is 37.8 Å². The van der Waals surface area contributed by atoms with E-state index in [-0.39, 0.29) is 11.7 Å². The lowest BCUT2D eigenvalue weighted by molar-refractivity contribution is 0.0995. The van der Waals surface area contributed by atoms with E-state index in [0.29, 0.717) is 10.4 Å². The maximum atomic E-state index is 12.3. The molecule has 0 fully saturated rings. The van der Waals surface area contributed by atoms with Crippen molar-refractivity contribution in [1.82, 2.24) is 4.98 Å². The van der Waals surface area contributed by atoms with E-state index < -0.39 is 0 Å². The molecule has 0 spiro atoms. The topological polar surface area (TPSA) is 55.1 Å². The van der Waals surface area contributed by atoms with Gasteiger partial charge in [-0.25, -0.2) is 4.98 Å². The van der Waals surface area contributed by atoms with E-state index >= 15 is 0 Å². The Labute approximate surface area is 201 Å². The standard InChI is InChI=1S/C26H16Br2N2O2/c27-18-8-11-22-21(14-18)20(16-4-2-1-3-5-16)15-23(30-22)17-6-9-19(10-7-17)29-26(31)24-12-13-25(28)32-24/h1-15H,(H,29,31). The van der Waals surface area contributed by atoms with Crippen LogP contribution in [0.15, 0.2) is 105 Å². The van der Waals surface area contributed by atoms with Crippen LogP contribution in [0.25, 0.3) is 33.3 Å². The third-order valence-corrected chi connectivity index (χ3v) is 6.01. The lowest BCUT2D eigenvalue weighted by atomic mass is 9.98. The molecule has 6 heteroatoms. The second-order valence-electron chi connectivity index (χ2n) is 7.22. The SMILES string of the molecule is O=C(Nc1ccc(-c2cc(-c3ccccc3)c3cc(Br)ccc3n2)cc1)c1ccc(Br)o1. The fraction of sp³-hybridized carbons (Fsp3) is 0. The summed E-state index contributed by atoms with van der Waals surface area (Å²) in [6, 6.07) is 29.5. The largest absolute Gasteiger partial charge is 0.444 e. The number of nitrogens with zero attached hydrogens (tertiary/aromatic N) is 1. The molecule has 0 bridgehead atoms. The predicted molar refractivity (Wildman–Crippen MR) is 135 cm³/mol. The molecule has 3 aromatic carbocycles. The van der Waals surface area contributed by atoms with Crippen LogP contribution in [0.1, 0.15) is 10.6 Å². The van der Waals surface area contributed by atoms with Gasteiger partial charge in [-0.1, -0.05) is 58.4 Å². The number of fused-ring (bicyclic) bond motifs is 1. The Morgan fingerprint density at radius 1 is 0.812 bits per heavy atom. The van der Waals surface area contributed by atoms with Crippen molar-refractivity contribution in [1.29, 1.82) is 0 Å². The Morgan fingerprint density at radius 3 is 2.31 bits per heavy atom. The molecule has 32 heavy (non-hydrogen) atoms. The lowest BCUT2D eigenvalue weighted by Gasteiger charge is -2.11. The van der Waals surface area contributed by atoms with Crippen LogP contribution in [0.2, 0.25) is 0 Å². The average molecular weight is 548 g/mol. The molecule has 156 valence electrons. The number of benzene rings is 3. The van der Waals surface area contributed by atoms with E-state index in [4.69, 9.17) is 9.40 Å². The Kier molecular flexibility index (Phi) is 5.64. The van der Waals surface area contributed by atoms with Gasteiger partial charge in [0.15, 0.2) is 10.4 Å². The van der Waals surface area contributed by atoms with Crippen molar-refractivity contribution < 1.29 is 9.21 Å². The Hall–Kier alpha value is -3.22. The molecular formula is C26H16Br2N2O2. The molecule has 0 aliphatic rings. The molecule has 1 amide bonds. The third kappa shape index (κ3) is 4.24. The molecular weight excluding hydrogens is 532 g/mol. The molecule has 0 aliphatic carbocycles. The lowest BCUT2D eigenvalue weighted by Crippen LogP contribution is -2.10. The van der Waals surface area contributed by atoms with Gasteiger partial charge >= 0.3 is 0 Å². The second kappa shape index (κ2) is 8.73. The van der Waals surface area contributed by atoms with E-state index in [9.17, 15) is 4.79 Å². The van der Waals surface area contributed by atoms with Gasteiger partial charge in [-0.2, -0.15) is 0 Å². The number of carbonyl (C=O) groups excluding carboxylic acids is 1. The number of amides is 1. The van der Waals surface area contributed by atoms with Crippen molar-refractivity contribution in [3.05, 3.63) is 106 Å². The van der Waals surface area contributed by atoms with E-state index in [2.05, 4.69) is 61.4 Å². The molecule has 4 nitrogen and oxygen atoms in total. The predicted octanol–water partition coefficient (Wildman–Crippen LogP) is 7.94. The molecule has 0 aliphatic heterocycles. The molecule has 2 aromatic heterocycles. The monoisotopic (exact) mass is 546 g/mol. The van der Waals surface area contributed by atoms with Gasteiger partial charge in [-0.05, 0) is 75.6 Å². The first-order valence-electron chi connectivity index (χ1n) is 9.90. The van der Waals surface area contributed by atoms with Crippen molar-refractivity contribution in [3.8, 4) is 22.4 Å². The fourth-order valence-corrected chi connectivity index (χ4v) is 4.22. The van der Waals surface area contributed by atoms with Gasteiger partial charge in [0.05, 0.1) is 11.2 Å². The Bertz CT molecular complexity index is 1430. The normalized spacial score (nSPS) is 10.9. The van der Waals surface area contributed by atoms with Crippen molar-refractivity contribution in [2.24, 2.45) is 0 Å². The van der Waals surface area contributed by atoms with E-state index in [1.807, 2.05) is 54.6 Å². The fourth-order valence-electron chi connectivity index (χ4n) is 3.56. The quantitative estimate of drug-likeness (QED) is 0.248. The number of furan rings is 1. The van der Waals surface area contributed by atoms with Crippen LogP contribution in [0, 0.1) is 0 Å². The first kappa shape index (κ1) is 20.7. The highest BCUT2D eigenvalue weighted by atomic mass is 79.9. The molecule has 0 radical (unpaired) electrons. The highest BCUT2D eigenvalue weighted by Gasteiger charge is 2.12. The summed E-state index contributed by atoms with van der Waals surface area (Å²) in [5, 5.41) is 3.93. The molecule has 5 aromatic rings. The van der Waals surface area contributed by atoms with Crippen LogP contribution < -0.4 is 5.32 Å². The van der Waals surface area contributed by atoms with Crippen LogP contribution in [0.4, 0.5) is 5.69 Å². The molecule has 0 saturated heterocycles. The summed E-state index contributed by atoms with van der Waals surface area (Å²) in [6.07, 6.45) is 0. The summed E-state index contributed by atoms with van der Waals surface area (Å²) in [6.45, 7) is 0. The molecule has 0 saturated carbocycles. The van der Waals surface area contributed by atoms with Crippen LogP contribution in [-0.2, 0) is 0 Å². The van der Waals surface area contributed by atoms with Gasteiger partial charge in [0, 0.05) is 21.1 Å². The van der Waals surface area contributed by atoms with Crippen LogP contribution in [-0.4, -0.2) is 10.9 Å². The summed E-state index contributed by atoms with van der Waals surface area (Å²) in [4.78, 5) is 17.2. The smallest absolute Gasteiger partial charge is 0.291 e. The summed E-state index contributed by atoms with van der Waals surface area (Å²) in [5.74, 6) is -0.0555. The van der Waals surface area contributed by atoms with E-state index in [1.54, 1.807) is 12.1 Å².